The maximum absolute atomic E-state index is 11.4. The lowest BCUT2D eigenvalue weighted by Gasteiger charge is -2.14. The minimum absolute atomic E-state index is 0.197. The van der Waals surface area contributed by atoms with Crippen molar-refractivity contribution in [3.8, 4) is 0 Å². The molecule has 7 N–H and O–H groups in total. The van der Waals surface area contributed by atoms with Crippen LogP contribution in [0.15, 0.2) is 0 Å². The van der Waals surface area contributed by atoms with Crippen molar-refractivity contribution in [1.29, 1.82) is 0 Å². The summed E-state index contributed by atoms with van der Waals surface area (Å²) in [4.78, 5) is 44.1. The zero-order valence-corrected chi connectivity index (χ0v) is 10.7. The highest BCUT2D eigenvalue weighted by molar-refractivity contribution is 5.90. The van der Waals surface area contributed by atoms with Crippen molar-refractivity contribution in [3.05, 3.63) is 0 Å². The molecule has 9 nitrogen and oxygen atoms in total. The Hall–Kier alpha value is -2.16. The van der Waals surface area contributed by atoms with E-state index in [2.05, 4.69) is 16.0 Å². The zero-order chi connectivity index (χ0) is 14.8. The van der Waals surface area contributed by atoms with Crippen LogP contribution in [0.5, 0.6) is 0 Å². The van der Waals surface area contributed by atoms with Gasteiger partial charge in [-0.1, -0.05) is 0 Å². The van der Waals surface area contributed by atoms with Gasteiger partial charge in [-0.2, -0.15) is 0 Å². The number of amides is 4. The minimum atomic E-state index is -0.857. The molecule has 9 heteroatoms. The van der Waals surface area contributed by atoms with E-state index < -0.39 is 23.8 Å². The van der Waals surface area contributed by atoms with Gasteiger partial charge in [0.2, 0.25) is 23.6 Å². The molecular formula is C10H19N5O4. The van der Waals surface area contributed by atoms with Crippen LogP contribution in [-0.2, 0) is 19.2 Å². The molecule has 0 rings (SSSR count). The van der Waals surface area contributed by atoms with Gasteiger partial charge in [-0.3, -0.25) is 19.2 Å². The van der Waals surface area contributed by atoms with Crippen molar-refractivity contribution in [1.82, 2.24) is 16.0 Å². The maximum Gasteiger partial charge on any atom is 0.240 e. The maximum atomic E-state index is 11.4. The van der Waals surface area contributed by atoms with E-state index in [1.807, 2.05) is 0 Å². The van der Waals surface area contributed by atoms with Crippen molar-refractivity contribution in [2.24, 2.45) is 11.5 Å². The average Bonchev–Trinajstić information content (AvgIpc) is 2.33. The third-order valence-corrected chi connectivity index (χ3v) is 2.08. The van der Waals surface area contributed by atoms with Crippen LogP contribution >= 0.6 is 0 Å². The summed E-state index contributed by atoms with van der Waals surface area (Å²) < 4.78 is 0. The number of nitrogens with one attached hydrogen (secondary N) is 3. The van der Waals surface area contributed by atoms with Crippen LogP contribution in [0.25, 0.3) is 0 Å². The lowest BCUT2D eigenvalue weighted by Crippen LogP contribution is -2.49. The molecular weight excluding hydrogens is 254 g/mol. The molecule has 0 aliphatic heterocycles. The third kappa shape index (κ3) is 8.55. The first-order chi connectivity index (χ1) is 8.86. The zero-order valence-electron chi connectivity index (χ0n) is 10.7. The standard InChI is InChI=1S/C10H19N5O4/c1-6(16)13-4-8(17)14-5-9(18)15-7(2-3-11)10(12)19/h7H,2-5,11H2,1H3,(H2,12,19)(H,13,16)(H,14,17)(H,15,18). The molecule has 108 valence electrons. The summed E-state index contributed by atoms with van der Waals surface area (Å²) in [5.74, 6) is -2.12. The van der Waals surface area contributed by atoms with E-state index >= 15 is 0 Å². The molecule has 0 spiro atoms. The fourth-order valence-electron chi connectivity index (χ4n) is 1.14. The largest absolute Gasteiger partial charge is 0.368 e. The molecule has 0 aromatic rings. The Balaban J connectivity index is 4.00. The second-order valence-electron chi connectivity index (χ2n) is 3.79. The summed E-state index contributed by atoms with van der Waals surface area (Å²) in [6.07, 6.45) is 0.223. The molecule has 1 unspecified atom stereocenters. The lowest BCUT2D eigenvalue weighted by molar-refractivity contribution is -0.129. The van der Waals surface area contributed by atoms with E-state index in [0.717, 1.165) is 0 Å². The Morgan fingerprint density at radius 1 is 1.05 bits per heavy atom. The first kappa shape index (κ1) is 16.8. The summed E-state index contributed by atoms with van der Waals surface area (Å²) >= 11 is 0. The predicted octanol–water partition coefficient (Wildman–Crippen LogP) is -3.44. The second-order valence-corrected chi connectivity index (χ2v) is 3.79. The van der Waals surface area contributed by atoms with Crippen molar-refractivity contribution in [3.63, 3.8) is 0 Å². The molecule has 4 amide bonds. The molecule has 0 radical (unpaired) electrons. The van der Waals surface area contributed by atoms with Gasteiger partial charge in [0.25, 0.3) is 0 Å². The molecule has 0 aromatic heterocycles. The van der Waals surface area contributed by atoms with Crippen LogP contribution in [0, 0.1) is 0 Å². The quantitative estimate of drug-likeness (QED) is 0.311. The van der Waals surface area contributed by atoms with Gasteiger partial charge in [-0.15, -0.1) is 0 Å². The molecule has 19 heavy (non-hydrogen) atoms. The Labute approximate surface area is 110 Å². The van der Waals surface area contributed by atoms with E-state index in [9.17, 15) is 19.2 Å². The summed E-state index contributed by atoms with van der Waals surface area (Å²) in [7, 11) is 0. The van der Waals surface area contributed by atoms with Crippen LogP contribution in [-0.4, -0.2) is 49.3 Å². The van der Waals surface area contributed by atoms with E-state index in [4.69, 9.17) is 11.5 Å². The predicted molar refractivity (Wildman–Crippen MR) is 66.5 cm³/mol. The average molecular weight is 273 g/mol. The Morgan fingerprint density at radius 3 is 2.11 bits per heavy atom. The summed E-state index contributed by atoms with van der Waals surface area (Å²) in [5, 5.41) is 6.89. The molecule has 1 atom stereocenters. The van der Waals surface area contributed by atoms with Crippen LogP contribution in [0.1, 0.15) is 13.3 Å². The summed E-state index contributed by atoms with van der Waals surface area (Å²) in [6.45, 7) is 0.935. The Bertz CT molecular complexity index is 358. The fraction of sp³-hybridized carbons (Fsp3) is 0.600. The number of rotatable bonds is 8. The van der Waals surface area contributed by atoms with Gasteiger partial charge >= 0.3 is 0 Å². The summed E-state index contributed by atoms with van der Waals surface area (Å²) in [5.41, 5.74) is 10.3. The number of primary amides is 1. The van der Waals surface area contributed by atoms with Crippen LogP contribution in [0.2, 0.25) is 0 Å². The molecule has 0 fully saturated rings. The number of carbonyl (C=O) groups is 4. The smallest absolute Gasteiger partial charge is 0.240 e. The van der Waals surface area contributed by atoms with Crippen LogP contribution in [0.3, 0.4) is 0 Å². The first-order valence-corrected chi connectivity index (χ1v) is 5.66. The number of carbonyl (C=O) groups excluding carboxylic acids is 4. The number of hydrogen-bond acceptors (Lipinski definition) is 5. The van der Waals surface area contributed by atoms with E-state index in [1.165, 1.54) is 6.92 Å². The Kier molecular flexibility index (Phi) is 7.85. The van der Waals surface area contributed by atoms with Gasteiger partial charge in [0, 0.05) is 6.92 Å². The normalized spacial score (nSPS) is 11.3. The molecule has 0 bridgehead atoms. The first-order valence-electron chi connectivity index (χ1n) is 5.66. The van der Waals surface area contributed by atoms with Crippen LogP contribution in [0.4, 0.5) is 0 Å². The van der Waals surface area contributed by atoms with Gasteiger partial charge in [-0.05, 0) is 13.0 Å². The van der Waals surface area contributed by atoms with E-state index in [0.29, 0.717) is 0 Å². The highest BCUT2D eigenvalue weighted by Gasteiger charge is 2.17. The van der Waals surface area contributed by atoms with Gasteiger partial charge in [0.05, 0.1) is 13.1 Å². The van der Waals surface area contributed by atoms with Crippen molar-refractivity contribution < 1.29 is 19.2 Å². The topological polar surface area (TPSA) is 156 Å². The second kappa shape index (κ2) is 8.86. The van der Waals surface area contributed by atoms with Gasteiger partial charge in [0.15, 0.2) is 0 Å². The molecule has 0 aliphatic carbocycles. The molecule has 0 saturated heterocycles. The minimum Gasteiger partial charge on any atom is -0.368 e. The number of hydrogen-bond donors (Lipinski definition) is 5. The lowest BCUT2D eigenvalue weighted by atomic mass is 10.2. The number of nitrogens with two attached hydrogens (primary N) is 2. The van der Waals surface area contributed by atoms with Crippen LogP contribution < -0.4 is 27.4 Å². The van der Waals surface area contributed by atoms with Crippen molar-refractivity contribution in [2.45, 2.75) is 19.4 Å². The van der Waals surface area contributed by atoms with Gasteiger partial charge in [0.1, 0.15) is 6.04 Å². The Morgan fingerprint density at radius 2 is 1.63 bits per heavy atom. The van der Waals surface area contributed by atoms with Gasteiger partial charge < -0.3 is 27.4 Å². The van der Waals surface area contributed by atoms with Gasteiger partial charge in [-0.25, -0.2) is 0 Å². The SMILES string of the molecule is CC(=O)NCC(=O)NCC(=O)NC(CCN)C(N)=O. The highest BCUT2D eigenvalue weighted by Crippen LogP contribution is 1.88. The van der Waals surface area contributed by atoms with Crippen molar-refractivity contribution in [2.75, 3.05) is 19.6 Å². The molecule has 0 aliphatic rings. The monoisotopic (exact) mass is 273 g/mol. The molecule has 0 aromatic carbocycles. The van der Waals surface area contributed by atoms with E-state index in [-0.39, 0.29) is 32.0 Å². The van der Waals surface area contributed by atoms with Crippen molar-refractivity contribution >= 4 is 23.6 Å². The summed E-state index contributed by atoms with van der Waals surface area (Å²) in [6, 6.07) is -0.857. The molecule has 0 saturated carbocycles. The highest BCUT2D eigenvalue weighted by atomic mass is 16.2. The third-order valence-electron chi connectivity index (χ3n) is 2.08. The van der Waals surface area contributed by atoms with E-state index in [1.54, 1.807) is 0 Å². The fourth-order valence-corrected chi connectivity index (χ4v) is 1.14. The molecule has 0 heterocycles.